The molecule has 2 aromatic heterocycles. The molecule has 0 fully saturated rings. The molecule has 4 aromatic rings. The molecular formula is C30H31N3O4. The first-order chi connectivity index (χ1) is 17.9. The van der Waals surface area contributed by atoms with Crippen LogP contribution in [0.2, 0.25) is 0 Å². The van der Waals surface area contributed by atoms with Crippen molar-refractivity contribution in [3.8, 4) is 22.7 Å². The molecule has 2 heterocycles. The highest BCUT2D eigenvalue weighted by Gasteiger charge is 2.17. The molecule has 0 unspecified atom stereocenters. The summed E-state index contributed by atoms with van der Waals surface area (Å²) in [5.74, 6) is -0.0658. The SMILES string of the molecule is CCCn1c(C)cc(C(=O)COC(=O)/C=C/c2cn(-c3ccccc3)nc2-c2ccc(OC)cc2)c1C. The van der Waals surface area contributed by atoms with Crippen molar-refractivity contribution < 1.29 is 19.1 Å². The molecule has 0 saturated carbocycles. The maximum Gasteiger partial charge on any atom is 0.331 e. The number of methoxy groups -OCH3 is 1. The molecule has 0 bridgehead atoms. The van der Waals surface area contributed by atoms with Crippen molar-refractivity contribution in [1.29, 1.82) is 0 Å². The number of aryl methyl sites for hydroxylation is 1. The molecule has 7 heteroatoms. The van der Waals surface area contributed by atoms with E-state index in [0.29, 0.717) is 11.3 Å². The third kappa shape index (κ3) is 5.89. The van der Waals surface area contributed by atoms with E-state index < -0.39 is 5.97 Å². The molecule has 2 aromatic carbocycles. The summed E-state index contributed by atoms with van der Waals surface area (Å²) in [6.07, 6.45) is 5.81. The van der Waals surface area contributed by atoms with E-state index in [0.717, 1.165) is 46.9 Å². The van der Waals surface area contributed by atoms with Gasteiger partial charge in [-0.3, -0.25) is 4.79 Å². The zero-order valence-corrected chi connectivity index (χ0v) is 21.6. The summed E-state index contributed by atoms with van der Waals surface area (Å²) in [7, 11) is 1.62. The van der Waals surface area contributed by atoms with Crippen LogP contribution in [0.25, 0.3) is 23.0 Å². The summed E-state index contributed by atoms with van der Waals surface area (Å²) in [5.41, 5.74) is 5.72. The highest BCUT2D eigenvalue weighted by molar-refractivity contribution is 6.00. The molecular weight excluding hydrogens is 466 g/mol. The van der Waals surface area contributed by atoms with Gasteiger partial charge in [0, 0.05) is 46.9 Å². The topological polar surface area (TPSA) is 75.4 Å². The Labute approximate surface area is 217 Å². The quantitative estimate of drug-likeness (QED) is 0.157. The van der Waals surface area contributed by atoms with Crippen LogP contribution in [-0.2, 0) is 16.1 Å². The Morgan fingerprint density at radius 2 is 1.76 bits per heavy atom. The molecule has 0 atom stereocenters. The number of hydrogen-bond donors (Lipinski definition) is 0. The van der Waals surface area contributed by atoms with Gasteiger partial charge in [-0.2, -0.15) is 5.10 Å². The van der Waals surface area contributed by atoms with Crippen molar-refractivity contribution in [1.82, 2.24) is 14.3 Å². The number of carbonyl (C=O) groups is 2. The molecule has 0 spiro atoms. The van der Waals surface area contributed by atoms with Gasteiger partial charge in [-0.15, -0.1) is 0 Å². The Morgan fingerprint density at radius 3 is 2.43 bits per heavy atom. The highest BCUT2D eigenvalue weighted by Crippen LogP contribution is 2.27. The molecule has 0 amide bonds. The van der Waals surface area contributed by atoms with Crippen molar-refractivity contribution in [3.05, 3.63) is 95.5 Å². The number of para-hydroxylation sites is 1. The normalized spacial score (nSPS) is 11.1. The predicted octanol–water partition coefficient (Wildman–Crippen LogP) is 5.82. The van der Waals surface area contributed by atoms with Crippen LogP contribution < -0.4 is 4.74 Å². The van der Waals surface area contributed by atoms with Gasteiger partial charge in [-0.05, 0) is 68.8 Å². The minimum atomic E-state index is -0.594. The number of aromatic nitrogens is 3. The molecule has 0 aliphatic carbocycles. The molecule has 0 N–H and O–H groups in total. The van der Waals surface area contributed by atoms with E-state index in [1.165, 1.54) is 6.08 Å². The average molecular weight is 498 g/mol. The van der Waals surface area contributed by atoms with Crippen molar-refractivity contribution in [2.24, 2.45) is 0 Å². The van der Waals surface area contributed by atoms with E-state index in [4.69, 9.17) is 14.6 Å². The number of benzene rings is 2. The number of nitrogens with zero attached hydrogens (tertiary/aromatic N) is 3. The van der Waals surface area contributed by atoms with Gasteiger partial charge in [0.25, 0.3) is 0 Å². The smallest absolute Gasteiger partial charge is 0.331 e. The molecule has 0 radical (unpaired) electrons. The number of esters is 1. The first-order valence-electron chi connectivity index (χ1n) is 12.3. The standard InChI is InChI=1S/C30H31N3O4/c1-5-17-32-21(2)18-27(22(32)3)28(34)20-37-29(35)16-13-24-19-33(25-9-7-6-8-10-25)31-30(24)23-11-14-26(36-4)15-12-23/h6-16,18-19H,5,17,20H2,1-4H3/b16-13+. The van der Waals surface area contributed by atoms with E-state index in [-0.39, 0.29) is 12.4 Å². The summed E-state index contributed by atoms with van der Waals surface area (Å²) in [6, 6.07) is 19.1. The van der Waals surface area contributed by atoms with Gasteiger partial charge in [0.05, 0.1) is 18.5 Å². The highest BCUT2D eigenvalue weighted by atomic mass is 16.5. The monoisotopic (exact) mass is 497 g/mol. The molecule has 4 rings (SSSR count). The number of hydrogen-bond acceptors (Lipinski definition) is 5. The largest absolute Gasteiger partial charge is 0.497 e. The van der Waals surface area contributed by atoms with Crippen LogP contribution in [0.4, 0.5) is 0 Å². The van der Waals surface area contributed by atoms with Gasteiger partial charge in [0.1, 0.15) is 5.75 Å². The van der Waals surface area contributed by atoms with Gasteiger partial charge < -0.3 is 14.0 Å². The second kappa shape index (κ2) is 11.6. The number of rotatable bonds is 10. The van der Waals surface area contributed by atoms with Crippen molar-refractivity contribution >= 4 is 17.8 Å². The second-order valence-corrected chi connectivity index (χ2v) is 8.74. The lowest BCUT2D eigenvalue weighted by Gasteiger charge is -2.07. The minimum Gasteiger partial charge on any atom is -0.497 e. The fraction of sp³-hybridized carbons (Fsp3) is 0.233. The summed E-state index contributed by atoms with van der Waals surface area (Å²) in [5, 5.41) is 4.75. The first-order valence-corrected chi connectivity index (χ1v) is 12.3. The summed E-state index contributed by atoms with van der Waals surface area (Å²) in [4.78, 5) is 25.2. The third-order valence-corrected chi connectivity index (χ3v) is 6.19. The van der Waals surface area contributed by atoms with E-state index in [2.05, 4.69) is 11.5 Å². The van der Waals surface area contributed by atoms with E-state index in [1.807, 2.05) is 80.7 Å². The van der Waals surface area contributed by atoms with Crippen LogP contribution in [0.5, 0.6) is 5.75 Å². The molecule has 190 valence electrons. The Morgan fingerprint density at radius 1 is 1.03 bits per heavy atom. The van der Waals surface area contributed by atoms with Crippen LogP contribution in [0.1, 0.15) is 40.7 Å². The summed E-state index contributed by atoms with van der Waals surface area (Å²) >= 11 is 0. The van der Waals surface area contributed by atoms with Gasteiger partial charge >= 0.3 is 5.97 Å². The molecule has 37 heavy (non-hydrogen) atoms. The number of carbonyl (C=O) groups excluding carboxylic acids is 2. The fourth-order valence-corrected chi connectivity index (χ4v) is 4.27. The number of ether oxygens (including phenoxy) is 2. The zero-order valence-electron chi connectivity index (χ0n) is 21.6. The van der Waals surface area contributed by atoms with Crippen LogP contribution in [0, 0.1) is 13.8 Å². The average Bonchev–Trinajstić information content (AvgIpc) is 3.48. The van der Waals surface area contributed by atoms with Gasteiger partial charge in [-0.25, -0.2) is 9.48 Å². The fourth-order valence-electron chi connectivity index (χ4n) is 4.27. The minimum absolute atomic E-state index is 0.215. The molecule has 0 aliphatic heterocycles. The maximum absolute atomic E-state index is 12.7. The summed E-state index contributed by atoms with van der Waals surface area (Å²) < 4.78 is 14.4. The third-order valence-electron chi connectivity index (χ3n) is 6.19. The van der Waals surface area contributed by atoms with Gasteiger partial charge in [-0.1, -0.05) is 25.1 Å². The molecule has 0 saturated heterocycles. The lowest BCUT2D eigenvalue weighted by Crippen LogP contribution is -2.13. The van der Waals surface area contributed by atoms with Gasteiger partial charge in [0.2, 0.25) is 5.78 Å². The van der Waals surface area contributed by atoms with Crippen molar-refractivity contribution in [2.45, 2.75) is 33.7 Å². The van der Waals surface area contributed by atoms with E-state index in [1.54, 1.807) is 17.9 Å². The Hall–Kier alpha value is -4.39. The van der Waals surface area contributed by atoms with Gasteiger partial charge in [0.15, 0.2) is 6.61 Å². The Bertz CT molecular complexity index is 1410. The second-order valence-electron chi connectivity index (χ2n) is 8.74. The van der Waals surface area contributed by atoms with Crippen LogP contribution >= 0.6 is 0 Å². The van der Waals surface area contributed by atoms with E-state index in [9.17, 15) is 9.59 Å². The molecule has 0 aliphatic rings. The van der Waals surface area contributed by atoms with Crippen molar-refractivity contribution in [2.75, 3.05) is 13.7 Å². The Balaban J connectivity index is 1.51. The van der Waals surface area contributed by atoms with Crippen LogP contribution in [-0.4, -0.2) is 39.8 Å². The summed E-state index contributed by atoms with van der Waals surface area (Å²) in [6.45, 7) is 6.53. The van der Waals surface area contributed by atoms with Crippen LogP contribution in [0.15, 0.2) is 72.9 Å². The van der Waals surface area contributed by atoms with E-state index >= 15 is 0 Å². The zero-order chi connectivity index (χ0) is 26.4. The number of ketones is 1. The maximum atomic E-state index is 12.7. The Kier molecular flexibility index (Phi) is 8.03. The lowest BCUT2D eigenvalue weighted by molar-refractivity contribution is -0.136. The first kappa shape index (κ1) is 25.7. The van der Waals surface area contributed by atoms with Crippen LogP contribution in [0.3, 0.4) is 0 Å². The lowest BCUT2D eigenvalue weighted by atomic mass is 10.1. The van der Waals surface area contributed by atoms with Crippen molar-refractivity contribution in [3.63, 3.8) is 0 Å². The predicted molar refractivity (Wildman–Crippen MR) is 144 cm³/mol. The molecule has 7 nitrogen and oxygen atoms in total. The number of Topliss-reactive ketones (excluding diaryl/α,β-unsaturated/α-hetero) is 1.